The van der Waals surface area contributed by atoms with E-state index in [1.54, 1.807) is 5.57 Å². The molecule has 0 bridgehead atoms. The van der Waals surface area contributed by atoms with E-state index in [4.69, 9.17) is 0 Å². The van der Waals surface area contributed by atoms with Gasteiger partial charge in [0.05, 0.1) is 6.10 Å². The molecule has 0 aliphatic heterocycles. The Kier molecular flexibility index (Phi) is 6.35. The zero-order valence-electron chi connectivity index (χ0n) is 20.7. The lowest BCUT2D eigenvalue weighted by atomic mass is 9.47. The zero-order valence-corrected chi connectivity index (χ0v) is 20.7. The van der Waals surface area contributed by atoms with Crippen LogP contribution in [0.15, 0.2) is 23.8 Å². The van der Waals surface area contributed by atoms with Crippen LogP contribution in [0.3, 0.4) is 0 Å². The van der Waals surface area contributed by atoms with Crippen molar-refractivity contribution in [2.24, 2.45) is 52.3 Å². The van der Waals surface area contributed by atoms with Gasteiger partial charge in [-0.25, -0.2) is 0 Å². The summed E-state index contributed by atoms with van der Waals surface area (Å²) >= 11 is 0. The average Bonchev–Trinajstić information content (AvgIpc) is 3.06. The monoisotopic (exact) mass is 412 g/mol. The van der Waals surface area contributed by atoms with Crippen LogP contribution in [0.1, 0.15) is 99.3 Å². The van der Waals surface area contributed by atoms with E-state index in [9.17, 15) is 5.11 Å². The summed E-state index contributed by atoms with van der Waals surface area (Å²) in [6, 6.07) is 0. The molecule has 1 heteroatoms. The molecule has 0 saturated heterocycles. The average molecular weight is 413 g/mol. The SMILES string of the molecule is CC[C@H](/C=C\[C@H](C)[C@@H]1CC[C@@H]2[C@@H]3CC=C4C[C@H](O)CC[C@]4(C)[C@H]3CC[C@@]21C)C(C)C. The van der Waals surface area contributed by atoms with Crippen molar-refractivity contribution < 1.29 is 5.11 Å². The summed E-state index contributed by atoms with van der Waals surface area (Å²) < 4.78 is 0. The molecule has 9 atom stereocenters. The van der Waals surface area contributed by atoms with E-state index in [1.807, 2.05) is 0 Å². The van der Waals surface area contributed by atoms with Gasteiger partial charge in [-0.05, 0) is 110 Å². The smallest absolute Gasteiger partial charge is 0.0577 e. The van der Waals surface area contributed by atoms with Gasteiger partial charge in [-0.1, -0.05) is 65.3 Å². The molecule has 3 fully saturated rings. The number of fused-ring (bicyclic) bond motifs is 5. The highest BCUT2D eigenvalue weighted by Gasteiger charge is 2.58. The van der Waals surface area contributed by atoms with Crippen molar-refractivity contribution in [2.75, 3.05) is 0 Å². The van der Waals surface area contributed by atoms with Crippen LogP contribution in [0.25, 0.3) is 0 Å². The Bertz CT molecular complexity index is 674. The van der Waals surface area contributed by atoms with Crippen molar-refractivity contribution in [3.05, 3.63) is 23.8 Å². The Morgan fingerprint density at radius 1 is 1.03 bits per heavy atom. The van der Waals surface area contributed by atoms with E-state index in [2.05, 4.69) is 59.8 Å². The molecule has 1 N–H and O–H groups in total. The van der Waals surface area contributed by atoms with Gasteiger partial charge in [0.1, 0.15) is 0 Å². The predicted molar refractivity (Wildman–Crippen MR) is 128 cm³/mol. The second-order valence-corrected chi connectivity index (χ2v) is 12.4. The molecule has 0 radical (unpaired) electrons. The molecule has 4 aliphatic carbocycles. The first-order valence-corrected chi connectivity index (χ1v) is 13.3. The second kappa shape index (κ2) is 8.42. The zero-order chi connectivity index (χ0) is 21.7. The van der Waals surface area contributed by atoms with Gasteiger partial charge in [0, 0.05) is 0 Å². The van der Waals surface area contributed by atoms with Crippen molar-refractivity contribution >= 4 is 0 Å². The molecule has 0 aromatic carbocycles. The minimum Gasteiger partial charge on any atom is -0.393 e. The number of allylic oxidation sites excluding steroid dienone is 3. The van der Waals surface area contributed by atoms with Crippen molar-refractivity contribution in [1.82, 2.24) is 0 Å². The van der Waals surface area contributed by atoms with E-state index >= 15 is 0 Å². The molecule has 0 aromatic heterocycles. The first-order chi connectivity index (χ1) is 14.2. The van der Waals surface area contributed by atoms with E-state index in [0.29, 0.717) is 16.7 Å². The minimum absolute atomic E-state index is 0.0870. The molecule has 4 rings (SSSR count). The topological polar surface area (TPSA) is 20.2 Å². The normalized spacial score (nSPS) is 45.6. The molecule has 0 aromatic rings. The maximum absolute atomic E-state index is 10.2. The van der Waals surface area contributed by atoms with Crippen molar-refractivity contribution in [3.63, 3.8) is 0 Å². The Balaban J connectivity index is 1.52. The molecule has 170 valence electrons. The highest BCUT2D eigenvalue weighted by Crippen LogP contribution is 2.67. The molecule has 4 aliphatic rings. The predicted octanol–water partition coefficient (Wildman–Crippen LogP) is 7.80. The summed E-state index contributed by atoms with van der Waals surface area (Å²) in [4.78, 5) is 0. The second-order valence-electron chi connectivity index (χ2n) is 12.4. The summed E-state index contributed by atoms with van der Waals surface area (Å²) in [7, 11) is 0. The molecule has 0 heterocycles. The highest BCUT2D eigenvalue weighted by molar-refractivity contribution is 5.25. The van der Waals surface area contributed by atoms with Gasteiger partial charge in [0.15, 0.2) is 0 Å². The lowest BCUT2D eigenvalue weighted by molar-refractivity contribution is -0.0540. The maximum Gasteiger partial charge on any atom is 0.0577 e. The molecule has 0 unspecified atom stereocenters. The fourth-order valence-electron chi connectivity index (χ4n) is 8.83. The van der Waals surface area contributed by atoms with Crippen LogP contribution in [0.5, 0.6) is 0 Å². The lowest BCUT2D eigenvalue weighted by Gasteiger charge is -2.58. The van der Waals surface area contributed by atoms with Crippen LogP contribution >= 0.6 is 0 Å². The summed E-state index contributed by atoms with van der Waals surface area (Å²) in [5.41, 5.74) is 2.51. The quantitative estimate of drug-likeness (QED) is 0.457. The van der Waals surface area contributed by atoms with Crippen molar-refractivity contribution in [2.45, 2.75) is 105 Å². The van der Waals surface area contributed by atoms with Gasteiger partial charge >= 0.3 is 0 Å². The molecule has 3 saturated carbocycles. The molecular formula is C29H48O. The Morgan fingerprint density at radius 2 is 1.80 bits per heavy atom. The van der Waals surface area contributed by atoms with E-state index < -0.39 is 0 Å². The van der Waals surface area contributed by atoms with Crippen LogP contribution < -0.4 is 0 Å². The van der Waals surface area contributed by atoms with Gasteiger partial charge in [-0.15, -0.1) is 0 Å². The van der Waals surface area contributed by atoms with Crippen LogP contribution in [0, 0.1) is 52.3 Å². The van der Waals surface area contributed by atoms with Crippen molar-refractivity contribution in [3.8, 4) is 0 Å². The summed E-state index contributed by atoms with van der Waals surface area (Å²) in [6.45, 7) is 14.8. The Labute approximate surface area is 186 Å². The third-order valence-electron chi connectivity index (χ3n) is 10.8. The fourth-order valence-corrected chi connectivity index (χ4v) is 8.83. The van der Waals surface area contributed by atoms with Crippen LogP contribution in [0.4, 0.5) is 0 Å². The van der Waals surface area contributed by atoms with Gasteiger partial charge in [-0.2, -0.15) is 0 Å². The van der Waals surface area contributed by atoms with Crippen molar-refractivity contribution in [1.29, 1.82) is 0 Å². The number of aliphatic hydroxyl groups is 1. The maximum atomic E-state index is 10.2. The number of rotatable bonds is 5. The van der Waals surface area contributed by atoms with Gasteiger partial charge in [-0.3, -0.25) is 0 Å². The minimum atomic E-state index is -0.0870. The molecule has 1 nitrogen and oxygen atoms in total. The third kappa shape index (κ3) is 3.66. The summed E-state index contributed by atoms with van der Waals surface area (Å²) in [6.07, 6.45) is 19.1. The Hall–Kier alpha value is -0.560. The third-order valence-corrected chi connectivity index (χ3v) is 10.8. The lowest BCUT2D eigenvalue weighted by Crippen LogP contribution is -2.50. The van der Waals surface area contributed by atoms with Gasteiger partial charge in [0.2, 0.25) is 0 Å². The van der Waals surface area contributed by atoms with E-state index in [1.165, 1.54) is 44.9 Å². The summed E-state index contributed by atoms with van der Waals surface area (Å²) in [5, 5.41) is 10.2. The van der Waals surface area contributed by atoms with Crippen LogP contribution in [0.2, 0.25) is 0 Å². The van der Waals surface area contributed by atoms with Gasteiger partial charge in [0.25, 0.3) is 0 Å². The first kappa shape index (κ1) is 22.6. The molecule has 30 heavy (non-hydrogen) atoms. The standard InChI is InChI=1S/C29H48O/c1-7-21(19(2)3)9-8-20(4)25-12-13-26-24-11-10-22-18-23(30)14-16-28(22,5)27(24)15-17-29(25,26)6/h8-10,19-21,23-27,30H,7,11-18H2,1-6H3/b9-8-/t20-,21+,23+,24-,25-,26+,27-,28-,29+/m0/s1. The van der Waals surface area contributed by atoms with Crippen LogP contribution in [-0.4, -0.2) is 11.2 Å². The Morgan fingerprint density at radius 3 is 2.50 bits per heavy atom. The fraction of sp³-hybridized carbons (Fsp3) is 0.862. The number of hydrogen-bond donors (Lipinski definition) is 1. The summed E-state index contributed by atoms with van der Waals surface area (Å²) in [5.74, 6) is 5.70. The molecular weight excluding hydrogens is 364 g/mol. The van der Waals surface area contributed by atoms with E-state index in [-0.39, 0.29) is 6.10 Å². The van der Waals surface area contributed by atoms with Gasteiger partial charge < -0.3 is 5.11 Å². The first-order valence-electron chi connectivity index (χ1n) is 13.3. The molecule has 0 amide bonds. The number of hydrogen-bond acceptors (Lipinski definition) is 1. The largest absolute Gasteiger partial charge is 0.393 e. The molecule has 0 spiro atoms. The number of aliphatic hydroxyl groups excluding tert-OH is 1. The highest BCUT2D eigenvalue weighted by atomic mass is 16.3. The van der Waals surface area contributed by atoms with E-state index in [0.717, 1.165) is 48.3 Å². The van der Waals surface area contributed by atoms with Crippen LogP contribution in [-0.2, 0) is 0 Å².